The number of hydrogen-bond donors (Lipinski definition) is 1. The van der Waals surface area contributed by atoms with E-state index in [1.54, 1.807) is 0 Å². The molecule has 0 unspecified atom stereocenters. The van der Waals surface area contributed by atoms with Crippen LogP contribution in [0.4, 0.5) is 0 Å². The van der Waals surface area contributed by atoms with Gasteiger partial charge in [-0.3, -0.25) is 4.79 Å². The summed E-state index contributed by atoms with van der Waals surface area (Å²) in [7, 11) is 0. The number of carbonyl (C=O) groups is 1. The monoisotopic (exact) mass is 240 g/mol. The van der Waals surface area contributed by atoms with Gasteiger partial charge in [-0.25, -0.2) is 0 Å². The van der Waals surface area contributed by atoms with Crippen LogP contribution in [0.1, 0.15) is 31.4 Å². The van der Waals surface area contributed by atoms with Crippen molar-refractivity contribution in [2.75, 3.05) is 0 Å². The van der Waals surface area contributed by atoms with Crippen molar-refractivity contribution < 1.29 is 9.90 Å². The smallest absolute Gasteiger partial charge is 0.303 e. The van der Waals surface area contributed by atoms with Gasteiger partial charge in [0.25, 0.3) is 0 Å². The third-order valence-electron chi connectivity index (χ3n) is 2.51. The van der Waals surface area contributed by atoms with Crippen molar-refractivity contribution >= 4 is 17.6 Å². The van der Waals surface area contributed by atoms with Crippen LogP contribution in [0, 0.1) is 12.3 Å². The van der Waals surface area contributed by atoms with Gasteiger partial charge < -0.3 is 5.11 Å². The maximum atomic E-state index is 10.7. The molecule has 1 rings (SSSR count). The molecule has 0 aromatic heterocycles. The Kier molecular flexibility index (Phi) is 3.98. The van der Waals surface area contributed by atoms with Gasteiger partial charge in [-0.05, 0) is 36.0 Å². The Balaban J connectivity index is 2.83. The molecular weight excluding hydrogens is 224 g/mol. The van der Waals surface area contributed by atoms with E-state index in [0.717, 1.165) is 16.1 Å². The van der Waals surface area contributed by atoms with E-state index in [0.29, 0.717) is 6.42 Å². The second-order valence-electron chi connectivity index (χ2n) is 5.01. The predicted octanol–water partition coefficient (Wildman–Crippen LogP) is 3.69. The fourth-order valence-electron chi connectivity index (χ4n) is 1.78. The van der Waals surface area contributed by atoms with Crippen LogP contribution in [0.3, 0.4) is 0 Å². The maximum Gasteiger partial charge on any atom is 0.303 e. The summed E-state index contributed by atoms with van der Waals surface area (Å²) in [5, 5.41) is 9.53. The van der Waals surface area contributed by atoms with Crippen LogP contribution in [0.15, 0.2) is 18.2 Å². The van der Waals surface area contributed by atoms with Gasteiger partial charge in [0.05, 0.1) is 6.42 Å². The largest absolute Gasteiger partial charge is 0.481 e. The normalized spacial score (nSPS) is 11.5. The summed E-state index contributed by atoms with van der Waals surface area (Å²) >= 11 is 6.12. The molecule has 16 heavy (non-hydrogen) atoms. The van der Waals surface area contributed by atoms with Gasteiger partial charge in [0.15, 0.2) is 0 Å². The van der Waals surface area contributed by atoms with Crippen molar-refractivity contribution in [2.45, 2.75) is 33.6 Å². The second kappa shape index (κ2) is 4.88. The summed E-state index contributed by atoms with van der Waals surface area (Å²) < 4.78 is 0. The van der Waals surface area contributed by atoms with Crippen LogP contribution in [-0.2, 0) is 11.2 Å². The lowest BCUT2D eigenvalue weighted by Gasteiger charge is -2.23. The van der Waals surface area contributed by atoms with Gasteiger partial charge >= 0.3 is 5.97 Å². The summed E-state index contributed by atoms with van der Waals surface area (Å²) in [6.07, 6.45) is 0.829. The highest BCUT2D eigenvalue weighted by molar-refractivity contribution is 6.31. The van der Waals surface area contributed by atoms with Crippen LogP contribution >= 0.6 is 11.6 Å². The Hall–Kier alpha value is -1.02. The zero-order valence-electron chi connectivity index (χ0n) is 9.88. The summed E-state index contributed by atoms with van der Waals surface area (Å²) in [6, 6.07) is 5.88. The lowest BCUT2D eigenvalue weighted by Crippen LogP contribution is -2.19. The van der Waals surface area contributed by atoms with E-state index >= 15 is 0 Å². The molecule has 0 aliphatic rings. The maximum absolute atomic E-state index is 10.7. The summed E-state index contributed by atoms with van der Waals surface area (Å²) in [4.78, 5) is 10.7. The highest BCUT2D eigenvalue weighted by atomic mass is 35.5. The number of aliphatic carboxylic acids is 1. The lowest BCUT2D eigenvalue weighted by atomic mass is 9.82. The Bertz CT molecular complexity index is 397. The molecule has 0 aliphatic carbocycles. The van der Waals surface area contributed by atoms with Crippen LogP contribution in [0.25, 0.3) is 0 Å². The number of halogens is 1. The fourth-order valence-corrected chi connectivity index (χ4v) is 2.09. The molecule has 3 heteroatoms. The van der Waals surface area contributed by atoms with E-state index in [1.165, 1.54) is 0 Å². The van der Waals surface area contributed by atoms with E-state index in [1.807, 2.05) is 39.0 Å². The van der Waals surface area contributed by atoms with Gasteiger partial charge in [-0.1, -0.05) is 37.6 Å². The van der Waals surface area contributed by atoms with Gasteiger partial charge in [0.2, 0.25) is 0 Å². The summed E-state index contributed by atoms with van der Waals surface area (Å²) in [5.74, 6) is -0.770. The van der Waals surface area contributed by atoms with Gasteiger partial charge in [-0.15, -0.1) is 0 Å². The molecule has 0 spiro atoms. The highest BCUT2D eigenvalue weighted by Crippen LogP contribution is 2.29. The summed E-state index contributed by atoms with van der Waals surface area (Å²) in [6.45, 7) is 5.87. The Labute approximate surface area is 101 Å². The van der Waals surface area contributed by atoms with E-state index in [4.69, 9.17) is 16.7 Å². The molecule has 2 nitrogen and oxygen atoms in total. The first kappa shape index (κ1) is 13.0. The number of rotatable bonds is 4. The van der Waals surface area contributed by atoms with Crippen molar-refractivity contribution in [3.05, 3.63) is 34.3 Å². The standard InChI is InChI=1S/C13H17ClO2/c1-9-4-5-10(11(14)6-9)7-13(2,3)8-12(15)16/h4-6H,7-8H2,1-3H3,(H,15,16). The average molecular weight is 241 g/mol. The van der Waals surface area contributed by atoms with Crippen LogP contribution in [-0.4, -0.2) is 11.1 Å². The third-order valence-corrected chi connectivity index (χ3v) is 2.86. The molecule has 0 atom stereocenters. The Morgan fingerprint density at radius 2 is 2.06 bits per heavy atom. The molecule has 0 radical (unpaired) electrons. The minimum atomic E-state index is -0.770. The number of hydrogen-bond acceptors (Lipinski definition) is 1. The second-order valence-corrected chi connectivity index (χ2v) is 5.41. The molecule has 1 aromatic rings. The zero-order valence-corrected chi connectivity index (χ0v) is 10.6. The fraction of sp³-hybridized carbons (Fsp3) is 0.462. The van der Waals surface area contributed by atoms with Gasteiger partial charge in [-0.2, -0.15) is 0 Å². The van der Waals surface area contributed by atoms with Crippen LogP contribution < -0.4 is 0 Å². The molecule has 0 saturated heterocycles. The molecule has 0 aliphatic heterocycles. The topological polar surface area (TPSA) is 37.3 Å². The number of benzene rings is 1. The first-order valence-corrected chi connectivity index (χ1v) is 5.65. The minimum Gasteiger partial charge on any atom is -0.481 e. The van der Waals surface area contributed by atoms with Crippen molar-refractivity contribution in [3.63, 3.8) is 0 Å². The average Bonchev–Trinajstić information content (AvgIpc) is 2.07. The molecule has 0 fully saturated rings. The first-order valence-electron chi connectivity index (χ1n) is 5.27. The van der Waals surface area contributed by atoms with E-state index < -0.39 is 5.97 Å². The molecule has 0 heterocycles. The molecule has 0 bridgehead atoms. The van der Waals surface area contributed by atoms with Crippen LogP contribution in [0.2, 0.25) is 5.02 Å². The molecule has 1 N–H and O–H groups in total. The Morgan fingerprint density at radius 1 is 1.44 bits per heavy atom. The third kappa shape index (κ3) is 3.86. The molecule has 88 valence electrons. The van der Waals surface area contributed by atoms with Crippen molar-refractivity contribution in [2.24, 2.45) is 5.41 Å². The van der Waals surface area contributed by atoms with Crippen LogP contribution in [0.5, 0.6) is 0 Å². The van der Waals surface area contributed by atoms with Gasteiger partial charge in [0, 0.05) is 5.02 Å². The van der Waals surface area contributed by atoms with Crippen molar-refractivity contribution in [3.8, 4) is 0 Å². The molecule has 0 amide bonds. The molecular formula is C13H17ClO2. The predicted molar refractivity (Wildman–Crippen MR) is 65.9 cm³/mol. The van der Waals surface area contributed by atoms with E-state index in [9.17, 15) is 4.79 Å². The first-order chi connectivity index (χ1) is 7.30. The SMILES string of the molecule is Cc1ccc(CC(C)(C)CC(=O)O)c(Cl)c1. The number of aryl methyl sites for hydroxylation is 1. The van der Waals surface area contributed by atoms with Crippen molar-refractivity contribution in [1.29, 1.82) is 0 Å². The highest BCUT2D eigenvalue weighted by Gasteiger charge is 2.23. The Morgan fingerprint density at radius 3 is 2.56 bits per heavy atom. The molecule has 0 saturated carbocycles. The quantitative estimate of drug-likeness (QED) is 0.872. The molecule has 1 aromatic carbocycles. The van der Waals surface area contributed by atoms with E-state index in [2.05, 4.69) is 0 Å². The lowest BCUT2D eigenvalue weighted by molar-refractivity contribution is -0.139. The minimum absolute atomic E-state index is 0.150. The van der Waals surface area contributed by atoms with Gasteiger partial charge in [0.1, 0.15) is 0 Å². The van der Waals surface area contributed by atoms with Crippen molar-refractivity contribution in [1.82, 2.24) is 0 Å². The summed E-state index contributed by atoms with van der Waals surface area (Å²) in [5.41, 5.74) is 1.85. The number of carboxylic acids is 1. The number of carboxylic acid groups (broad SMARTS) is 1. The van der Waals surface area contributed by atoms with E-state index in [-0.39, 0.29) is 11.8 Å². The zero-order chi connectivity index (χ0) is 12.3.